The molecule has 2 rings (SSSR count). The van der Waals surface area contributed by atoms with Crippen molar-refractivity contribution in [2.24, 2.45) is 5.41 Å². The number of hydrogen-bond donors (Lipinski definition) is 2. The Hall–Kier alpha value is -0.840. The number of carbonyl (C=O) groups excluding carboxylic acids is 1. The van der Waals surface area contributed by atoms with Gasteiger partial charge in [-0.05, 0) is 37.9 Å². The number of pyridine rings is 1. The van der Waals surface area contributed by atoms with Crippen LogP contribution in [0.15, 0.2) is 24.5 Å². The zero-order chi connectivity index (χ0) is 14.6. The van der Waals surface area contributed by atoms with E-state index in [2.05, 4.69) is 15.6 Å². The number of amides is 1. The number of hydrogen-bond acceptors (Lipinski definition) is 3. The molecule has 1 atom stereocenters. The van der Waals surface area contributed by atoms with E-state index in [-0.39, 0.29) is 5.91 Å². The van der Waals surface area contributed by atoms with E-state index in [0.29, 0.717) is 13.0 Å². The van der Waals surface area contributed by atoms with Crippen molar-refractivity contribution in [3.8, 4) is 0 Å². The number of carbonyl (C=O) groups is 1. The van der Waals surface area contributed by atoms with Gasteiger partial charge in [-0.1, -0.05) is 6.07 Å². The average Bonchev–Trinajstić information content (AvgIpc) is 2.95. The summed E-state index contributed by atoms with van der Waals surface area (Å²) in [5, 5.41) is 6.18. The molecule has 1 amide bonds. The van der Waals surface area contributed by atoms with Gasteiger partial charge in [-0.2, -0.15) is 0 Å². The fraction of sp³-hybridized carbons (Fsp3) is 0.571. The summed E-state index contributed by atoms with van der Waals surface area (Å²) in [6.45, 7) is 4.03. The maximum atomic E-state index is 11.9. The lowest BCUT2D eigenvalue weighted by Gasteiger charge is -2.12. The lowest BCUT2D eigenvalue weighted by Crippen LogP contribution is -2.34. The van der Waals surface area contributed by atoms with Gasteiger partial charge in [0.25, 0.3) is 0 Å². The summed E-state index contributed by atoms with van der Waals surface area (Å²) in [6.07, 6.45) is 4.97. The number of halogens is 2. The van der Waals surface area contributed by atoms with E-state index in [0.717, 1.165) is 25.1 Å². The number of nitrogens with zero attached hydrogens (tertiary/aromatic N) is 1. The second-order valence-electron chi connectivity index (χ2n) is 5.36. The highest BCUT2D eigenvalue weighted by molar-refractivity contribution is 6.53. The van der Waals surface area contributed by atoms with Crippen LogP contribution in [0.3, 0.4) is 0 Å². The van der Waals surface area contributed by atoms with Crippen molar-refractivity contribution in [1.82, 2.24) is 15.6 Å². The molecular weight excluding hydrogens is 297 g/mol. The molecule has 1 aromatic rings. The van der Waals surface area contributed by atoms with E-state index in [9.17, 15) is 4.79 Å². The minimum absolute atomic E-state index is 0.0604. The zero-order valence-corrected chi connectivity index (χ0v) is 13.0. The van der Waals surface area contributed by atoms with Gasteiger partial charge in [-0.25, -0.2) is 0 Å². The topological polar surface area (TPSA) is 54.0 Å². The summed E-state index contributed by atoms with van der Waals surface area (Å²) < 4.78 is -0.893. The van der Waals surface area contributed by atoms with Crippen molar-refractivity contribution in [2.45, 2.75) is 30.6 Å². The molecule has 0 radical (unpaired) electrons. The van der Waals surface area contributed by atoms with Gasteiger partial charge in [0, 0.05) is 25.5 Å². The molecule has 1 aliphatic rings. The zero-order valence-electron chi connectivity index (χ0n) is 11.5. The Morgan fingerprint density at radius 1 is 1.45 bits per heavy atom. The van der Waals surface area contributed by atoms with Crippen LogP contribution in [0.4, 0.5) is 0 Å². The molecule has 1 aliphatic carbocycles. The van der Waals surface area contributed by atoms with Gasteiger partial charge in [0.2, 0.25) is 5.91 Å². The van der Waals surface area contributed by atoms with Gasteiger partial charge in [0.1, 0.15) is 4.33 Å². The first-order valence-electron chi connectivity index (χ1n) is 6.71. The van der Waals surface area contributed by atoms with Crippen LogP contribution in [-0.4, -0.2) is 28.3 Å². The Morgan fingerprint density at radius 2 is 2.20 bits per heavy atom. The predicted molar refractivity (Wildman–Crippen MR) is 80.7 cm³/mol. The Labute approximate surface area is 129 Å². The highest BCUT2D eigenvalue weighted by Gasteiger charge is 2.67. The molecule has 0 spiro atoms. The Kier molecular flexibility index (Phi) is 4.89. The molecule has 0 bridgehead atoms. The minimum Gasteiger partial charge on any atom is -0.355 e. The summed E-state index contributed by atoms with van der Waals surface area (Å²) in [5.41, 5.74) is 0.523. The summed E-state index contributed by atoms with van der Waals surface area (Å²) in [5.74, 6) is -0.0604. The van der Waals surface area contributed by atoms with Crippen LogP contribution in [0.1, 0.15) is 25.3 Å². The van der Waals surface area contributed by atoms with Gasteiger partial charge in [-0.3, -0.25) is 9.78 Å². The highest BCUT2D eigenvalue weighted by atomic mass is 35.5. The molecule has 4 nitrogen and oxygen atoms in total. The lowest BCUT2D eigenvalue weighted by atomic mass is 10.1. The first-order chi connectivity index (χ1) is 9.46. The van der Waals surface area contributed by atoms with E-state index in [1.54, 1.807) is 13.1 Å². The molecule has 1 saturated carbocycles. The molecule has 110 valence electrons. The maximum absolute atomic E-state index is 11.9. The minimum atomic E-state index is -0.893. The third-order valence-corrected chi connectivity index (χ3v) is 4.73. The second-order valence-corrected chi connectivity index (χ2v) is 6.84. The smallest absolute Gasteiger partial charge is 0.229 e. The Balaban J connectivity index is 1.55. The fourth-order valence-corrected chi connectivity index (χ4v) is 2.70. The highest BCUT2D eigenvalue weighted by Crippen LogP contribution is 2.63. The monoisotopic (exact) mass is 315 g/mol. The molecule has 20 heavy (non-hydrogen) atoms. The van der Waals surface area contributed by atoms with E-state index in [1.165, 1.54) is 0 Å². The lowest BCUT2D eigenvalue weighted by molar-refractivity contribution is -0.125. The van der Waals surface area contributed by atoms with Crippen LogP contribution in [0.2, 0.25) is 0 Å². The maximum Gasteiger partial charge on any atom is 0.229 e. The fourth-order valence-electron chi connectivity index (χ4n) is 1.99. The summed E-state index contributed by atoms with van der Waals surface area (Å²) in [4.78, 5) is 15.9. The molecule has 6 heteroatoms. The molecule has 0 aliphatic heterocycles. The van der Waals surface area contributed by atoms with Crippen LogP contribution in [0, 0.1) is 5.41 Å². The number of nitrogens with one attached hydrogen (secondary N) is 2. The summed E-state index contributed by atoms with van der Waals surface area (Å²) in [6, 6.07) is 3.94. The van der Waals surface area contributed by atoms with Crippen molar-refractivity contribution in [3.63, 3.8) is 0 Å². The first kappa shape index (κ1) is 15.5. The summed E-state index contributed by atoms with van der Waals surface area (Å²) in [7, 11) is 0. The largest absolute Gasteiger partial charge is 0.355 e. The SMILES string of the molecule is C[C@@]1(C(=O)NCCCNCc2cccnc2)CC1(Cl)Cl. The average molecular weight is 316 g/mol. The second kappa shape index (κ2) is 6.29. The van der Waals surface area contributed by atoms with Gasteiger partial charge < -0.3 is 10.6 Å². The van der Waals surface area contributed by atoms with Crippen molar-refractivity contribution >= 4 is 29.1 Å². The summed E-state index contributed by atoms with van der Waals surface area (Å²) >= 11 is 11.9. The third kappa shape index (κ3) is 3.62. The number of aromatic nitrogens is 1. The Bertz CT molecular complexity index is 467. The van der Waals surface area contributed by atoms with Crippen LogP contribution in [0.5, 0.6) is 0 Å². The van der Waals surface area contributed by atoms with Crippen LogP contribution < -0.4 is 10.6 Å². The number of rotatable bonds is 7. The Morgan fingerprint density at radius 3 is 2.80 bits per heavy atom. The van der Waals surface area contributed by atoms with E-state index in [4.69, 9.17) is 23.2 Å². The normalized spacial score (nSPS) is 23.4. The predicted octanol–water partition coefficient (Wildman–Crippen LogP) is 2.26. The van der Waals surface area contributed by atoms with Gasteiger partial charge in [0.15, 0.2) is 0 Å². The molecule has 0 saturated heterocycles. The molecule has 0 unspecified atom stereocenters. The van der Waals surface area contributed by atoms with Gasteiger partial charge in [-0.15, -0.1) is 23.2 Å². The van der Waals surface area contributed by atoms with E-state index >= 15 is 0 Å². The van der Waals surface area contributed by atoms with Crippen LogP contribution in [-0.2, 0) is 11.3 Å². The molecule has 1 heterocycles. The van der Waals surface area contributed by atoms with Crippen LogP contribution in [0.25, 0.3) is 0 Å². The quantitative estimate of drug-likeness (QED) is 0.599. The first-order valence-corrected chi connectivity index (χ1v) is 7.47. The van der Waals surface area contributed by atoms with Crippen LogP contribution >= 0.6 is 23.2 Å². The molecular formula is C14H19Cl2N3O. The van der Waals surface area contributed by atoms with Crippen molar-refractivity contribution in [3.05, 3.63) is 30.1 Å². The number of alkyl halides is 2. The molecule has 0 aromatic carbocycles. The van der Waals surface area contributed by atoms with E-state index < -0.39 is 9.75 Å². The third-order valence-electron chi connectivity index (χ3n) is 3.63. The molecule has 1 aromatic heterocycles. The molecule has 2 N–H and O–H groups in total. The van der Waals surface area contributed by atoms with Crippen molar-refractivity contribution in [2.75, 3.05) is 13.1 Å². The van der Waals surface area contributed by atoms with Gasteiger partial charge in [0.05, 0.1) is 5.41 Å². The van der Waals surface area contributed by atoms with Gasteiger partial charge >= 0.3 is 0 Å². The molecule has 1 fully saturated rings. The van der Waals surface area contributed by atoms with Crippen molar-refractivity contribution < 1.29 is 4.79 Å². The van der Waals surface area contributed by atoms with E-state index in [1.807, 2.05) is 18.3 Å². The van der Waals surface area contributed by atoms with Crippen molar-refractivity contribution in [1.29, 1.82) is 0 Å². The standard InChI is InChI=1S/C14H19Cl2N3O/c1-13(10-14(13,15)16)12(20)19-7-3-6-18-9-11-4-2-5-17-8-11/h2,4-5,8,18H,3,6-7,9-10H2,1H3,(H,19,20)/t13-/m0/s1.